The molecule has 3 amide bonds. The van der Waals surface area contributed by atoms with Gasteiger partial charge in [-0.3, -0.25) is 19.2 Å². The molecule has 0 spiro atoms. The summed E-state index contributed by atoms with van der Waals surface area (Å²) in [5.41, 5.74) is 0.486. The molecule has 0 radical (unpaired) electrons. The first-order valence-corrected chi connectivity index (χ1v) is 21.2. The van der Waals surface area contributed by atoms with E-state index in [9.17, 15) is 29.1 Å². The van der Waals surface area contributed by atoms with Crippen LogP contribution in [0.4, 0.5) is 9.93 Å². The average molecular weight is 867 g/mol. The van der Waals surface area contributed by atoms with Crippen LogP contribution in [0.5, 0.6) is 5.75 Å². The van der Waals surface area contributed by atoms with Crippen molar-refractivity contribution in [1.82, 2.24) is 20.2 Å². The zero-order valence-electron chi connectivity index (χ0n) is 33.5. The Kier molecular flexibility index (Phi) is 12.2. The minimum atomic E-state index is -1.29. The number of nitrogens with zero attached hydrogens (tertiary/aromatic N) is 3. The molecule has 1 aliphatic heterocycles. The van der Waals surface area contributed by atoms with E-state index in [2.05, 4.69) is 38.1 Å². The van der Waals surface area contributed by atoms with Crippen molar-refractivity contribution in [2.24, 2.45) is 28.6 Å². The number of ketones is 1. The van der Waals surface area contributed by atoms with Crippen molar-refractivity contribution in [3.63, 3.8) is 0 Å². The van der Waals surface area contributed by atoms with Gasteiger partial charge in [-0.05, 0) is 77.9 Å². The molecular weight excluding hydrogens is 814 g/mol. The number of hydrogen-bond donors (Lipinski definition) is 3. The highest BCUT2D eigenvalue weighted by Crippen LogP contribution is 2.57. The fourth-order valence-corrected chi connectivity index (χ4v) is 9.07. The number of fused-ring (bicyclic) bond motifs is 1. The number of hydrogen-bond acceptors (Lipinski definition) is 10. The minimum Gasteiger partial charge on any atom is -0.487 e. The molecule has 2 aliphatic carbocycles. The number of halogens is 1. The second-order valence-corrected chi connectivity index (χ2v) is 18.8. The van der Waals surface area contributed by atoms with Gasteiger partial charge in [-0.25, -0.2) is 14.8 Å². The zero-order valence-corrected chi connectivity index (χ0v) is 35.9. The number of anilines is 1. The molecule has 3 aromatic rings. The van der Waals surface area contributed by atoms with Gasteiger partial charge in [-0.2, -0.15) is 0 Å². The summed E-state index contributed by atoms with van der Waals surface area (Å²) in [4.78, 5) is 78.4. The number of benzene rings is 1. The van der Waals surface area contributed by atoms with Gasteiger partial charge in [0.15, 0.2) is 10.9 Å². The van der Waals surface area contributed by atoms with E-state index >= 15 is 0 Å². The lowest BCUT2D eigenvalue weighted by molar-refractivity contribution is -0.148. The monoisotopic (exact) mass is 865 g/mol. The molecule has 0 bridgehead atoms. The smallest absolute Gasteiger partial charge is 0.408 e. The molecule has 13 nitrogen and oxygen atoms in total. The number of aryl methyl sites for hydroxylation is 1. The first-order chi connectivity index (χ1) is 26.8. The van der Waals surface area contributed by atoms with E-state index < -0.39 is 58.7 Å². The van der Waals surface area contributed by atoms with E-state index in [4.69, 9.17) is 14.5 Å². The second-order valence-electron chi connectivity index (χ2n) is 17.1. The van der Waals surface area contributed by atoms with Crippen LogP contribution in [0, 0.1) is 35.5 Å². The van der Waals surface area contributed by atoms with Gasteiger partial charge in [0.05, 0.1) is 29.2 Å². The van der Waals surface area contributed by atoms with Gasteiger partial charge in [-0.1, -0.05) is 53.7 Å². The number of nitrogens with one attached hydrogen (secondary N) is 2. The number of alkyl carbamates (subject to hydrolysis) is 1. The summed E-state index contributed by atoms with van der Waals surface area (Å²) < 4.78 is 13.3. The third-order valence-electron chi connectivity index (χ3n) is 11.6. The lowest BCUT2D eigenvalue weighted by Crippen LogP contribution is -2.57. The van der Waals surface area contributed by atoms with Crippen molar-refractivity contribution in [2.45, 2.75) is 111 Å². The fraction of sp³-hybridized carbons (Fsp3) is 0.548. The topological polar surface area (TPSA) is 177 Å². The predicted octanol–water partition coefficient (Wildman–Crippen LogP) is 7.94. The Labute approximate surface area is 345 Å². The molecule has 3 fully saturated rings. The molecule has 2 saturated carbocycles. The molecule has 1 aromatic carbocycles. The van der Waals surface area contributed by atoms with Crippen molar-refractivity contribution < 1.29 is 38.6 Å². The molecule has 57 heavy (non-hydrogen) atoms. The maximum atomic E-state index is 14.8. The van der Waals surface area contributed by atoms with E-state index in [-0.39, 0.29) is 43.2 Å². The fourth-order valence-electron chi connectivity index (χ4n) is 7.92. The van der Waals surface area contributed by atoms with Crippen LogP contribution >= 0.6 is 27.3 Å². The van der Waals surface area contributed by atoms with E-state index in [0.29, 0.717) is 33.2 Å². The summed E-state index contributed by atoms with van der Waals surface area (Å²) in [6.07, 6.45) is 3.39. The number of aromatic nitrogens is 2. The van der Waals surface area contributed by atoms with E-state index in [1.165, 1.54) is 16.2 Å². The van der Waals surface area contributed by atoms with Crippen LogP contribution in [-0.4, -0.2) is 80.5 Å². The number of thiazole rings is 1. The first-order valence-electron chi connectivity index (χ1n) is 19.5. The van der Waals surface area contributed by atoms with Gasteiger partial charge in [0.1, 0.15) is 29.7 Å². The van der Waals surface area contributed by atoms with E-state index in [1.807, 2.05) is 46.8 Å². The van der Waals surface area contributed by atoms with Crippen molar-refractivity contribution in [3.05, 3.63) is 46.3 Å². The van der Waals surface area contributed by atoms with Gasteiger partial charge in [0.25, 0.3) is 0 Å². The SMILES string of the molecule is C=C[C@@H]1C[C@]1(CC(=O)[C@@H]1[C@H](C)[C@@H](Oc2cc(-c3csc(NC(=O)C(C)C)n3)nc3c(Br)c(C)ccc23)CN1C(=O)[C@@H](NC(=O)OC1CCCC1)C(C)(C)C)C(=O)O. The van der Waals surface area contributed by atoms with Crippen LogP contribution in [0.3, 0.4) is 0 Å². The second kappa shape index (κ2) is 16.5. The normalized spacial score (nSPS) is 24.0. The van der Waals surface area contributed by atoms with Crippen LogP contribution in [0.15, 0.2) is 40.7 Å². The number of rotatable bonds is 13. The third-order valence-corrected chi connectivity index (χ3v) is 13.3. The molecule has 3 heterocycles. The molecule has 2 aromatic heterocycles. The van der Waals surface area contributed by atoms with Crippen molar-refractivity contribution in [1.29, 1.82) is 0 Å². The number of aliphatic carboxylic acids is 1. The molecule has 0 unspecified atom stereocenters. The molecule has 15 heteroatoms. The highest BCUT2D eigenvalue weighted by Gasteiger charge is 2.61. The van der Waals surface area contributed by atoms with Gasteiger partial charge < -0.3 is 30.1 Å². The Morgan fingerprint density at radius 3 is 2.46 bits per heavy atom. The number of Topliss-reactive ketones (excluding diaryl/α,β-unsaturated/α-hetero) is 1. The Morgan fingerprint density at radius 1 is 1.14 bits per heavy atom. The summed E-state index contributed by atoms with van der Waals surface area (Å²) in [5, 5.41) is 18.8. The third kappa shape index (κ3) is 8.74. The number of amides is 3. The quantitative estimate of drug-likeness (QED) is 0.143. The maximum absolute atomic E-state index is 14.8. The Hall–Kier alpha value is -4.37. The summed E-state index contributed by atoms with van der Waals surface area (Å²) in [6.45, 7) is 16.6. The zero-order chi connectivity index (χ0) is 41.6. The summed E-state index contributed by atoms with van der Waals surface area (Å²) in [5.74, 6) is -2.86. The molecule has 6 rings (SSSR count). The minimum absolute atomic E-state index is 0.0123. The molecule has 3 aliphatic rings. The molecular formula is C42H52BrN5O8S. The van der Waals surface area contributed by atoms with Crippen molar-refractivity contribution in [2.75, 3.05) is 11.9 Å². The summed E-state index contributed by atoms with van der Waals surface area (Å²) in [6, 6.07) is 3.49. The predicted molar refractivity (Wildman–Crippen MR) is 221 cm³/mol. The lowest BCUT2D eigenvalue weighted by atomic mass is 9.84. The number of pyridine rings is 1. The van der Waals surface area contributed by atoms with Crippen LogP contribution < -0.4 is 15.4 Å². The summed E-state index contributed by atoms with van der Waals surface area (Å²) >= 11 is 4.98. The first kappa shape index (κ1) is 42.2. The Bertz CT molecular complexity index is 2090. The van der Waals surface area contributed by atoms with Crippen LogP contribution in [0.25, 0.3) is 22.3 Å². The van der Waals surface area contributed by atoms with E-state index in [1.54, 1.807) is 31.4 Å². The maximum Gasteiger partial charge on any atom is 0.408 e. The van der Waals surface area contributed by atoms with Gasteiger partial charge in [0, 0.05) is 39.6 Å². The number of ether oxygens (including phenoxy) is 2. The number of allylic oxidation sites excluding steroid dienone is 1. The molecule has 306 valence electrons. The van der Waals surface area contributed by atoms with Gasteiger partial charge >= 0.3 is 12.1 Å². The highest BCUT2D eigenvalue weighted by molar-refractivity contribution is 9.10. The lowest BCUT2D eigenvalue weighted by Gasteiger charge is -2.36. The van der Waals surface area contributed by atoms with Crippen molar-refractivity contribution >= 4 is 73.0 Å². The number of carboxylic acid groups (broad SMARTS) is 1. The van der Waals surface area contributed by atoms with Crippen molar-refractivity contribution in [3.8, 4) is 17.1 Å². The molecule has 6 atom stereocenters. The number of carboxylic acids is 1. The van der Waals surface area contributed by atoms with Crippen LogP contribution in [-0.2, 0) is 23.9 Å². The summed E-state index contributed by atoms with van der Waals surface area (Å²) in [7, 11) is 0. The number of likely N-dealkylation sites (tertiary alicyclic amines) is 1. The van der Waals surface area contributed by atoms with Crippen LogP contribution in [0.1, 0.15) is 85.6 Å². The Morgan fingerprint density at radius 2 is 1.84 bits per heavy atom. The standard InChI is InChI=1S/C42H52BrN5O8S/c1-9-24-17-42(24,38(52)53)18-29(49)34-23(5)31(19-48(34)37(51)35(41(6,7)8)46-40(54)55-25-12-10-11-13-25)56-30-16-27(44-33-26(30)15-14-22(4)32(33)43)28-20-57-39(45-28)47-36(50)21(2)3/h9,14-16,20-21,23-25,31,34-35H,1,10-13,17-19H2,2-8H3,(H,46,54)(H,52,53)(H,45,47,50)/t23-,24-,31+,34+,35-,42-/m1/s1. The van der Waals surface area contributed by atoms with Crippen LogP contribution in [0.2, 0.25) is 0 Å². The van der Waals surface area contributed by atoms with E-state index in [0.717, 1.165) is 35.7 Å². The molecule has 1 saturated heterocycles. The number of carbonyl (C=O) groups is 5. The van der Waals surface area contributed by atoms with Gasteiger partial charge in [0.2, 0.25) is 11.8 Å². The molecule has 3 N–H and O–H groups in total. The largest absolute Gasteiger partial charge is 0.487 e. The Balaban J connectivity index is 1.36. The van der Waals surface area contributed by atoms with Gasteiger partial charge in [-0.15, -0.1) is 17.9 Å². The average Bonchev–Trinajstić information content (AvgIpc) is 3.48. The number of carbonyl (C=O) groups excluding carboxylic acids is 4. The highest BCUT2D eigenvalue weighted by atomic mass is 79.9.